The van der Waals surface area contributed by atoms with Crippen LogP contribution in [-0.4, -0.2) is 18.1 Å². The summed E-state index contributed by atoms with van der Waals surface area (Å²) in [5.74, 6) is 2.80. The molecule has 20 heavy (non-hydrogen) atoms. The van der Waals surface area contributed by atoms with E-state index in [1.54, 1.807) is 0 Å². The maximum Gasteiger partial charge on any atom is 0.194 e. The fraction of sp³-hybridized carbons (Fsp3) is 0.824. The Morgan fingerprint density at radius 3 is 2.75 bits per heavy atom. The number of aromatic nitrogens is 1. The zero-order valence-electron chi connectivity index (χ0n) is 13.4. The minimum Gasteiger partial charge on any atom is -0.445 e. The molecule has 1 N–H and O–H groups in total. The summed E-state index contributed by atoms with van der Waals surface area (Å²) in [6, 6.07) is 0. The Hall–Kier alpha value is -0.830. The Morgan fingerprint density at radius 2 is 2.10 bits per heavy atom. The Morgan fingerprint density at radius 1 is 1.35 bits per heavy atom. The summed E-state index contributed by atoms with van der Waals surface area (Å²) in [6.45, 7) is 8.85. The summed E-state index contributed by atoms with van der Waals surface area (Å²) < 4.78 is 6.11. The highest BCUT2D eigenvalue weighted by atomic mass is 16.4. The molecule has 1 aliphatic rings. The maximum atomic E-state index is 6.11. The van der Waals surface area contributed by atoms with Crippen LogP contribution in [0.2, 0.25) is 0 Å². The molecule has 0 amide bonds. The molecule has 1 heterocycles. The first-order chi connectivity index (χ1) is 9.66. The van der Waals surface area contributed by atoms with Gasteiger partial charge in [0.1, 0.15) is 5.76 Å². The smallest absolute Gasteiger partial charge is 0.194 e. The van der Waals surface area contributed by atoms with Crippen LogP contribution in [0.3, 0.4) is 0 Å². The first-order valence-corrected chi connectivity index (χ1v) is 8.32. The van der Waals surface area contributed by atoms with Gasteiger partial charge in [0, 0.05) is 11.8 Å². The van der Waals surface area contributed by atoms with Gasteiger partial charge in [0.25, 0.3) is 0 Å². The van der Waals surface area contributed by atoms with Crippen LogP contribution in [0, 0.1) is 5.92 Å². The van der Waals surface area contributed by atoms with Gasteiger partial charge in [0.2, 0.25) is 0 Å². The Bertz CT molecular complexity index is 391. The third-order valence-corrected chi connectivity index (χ3v) is 4.43. The Balaban J connectivity index is 1.98. The minimum absolute atomic E-state index is 0.279. The third-order valence-electron chi connectivity index (χ3n) is 4.43. The van der Waals surface area contributed by atoms with Crippen molar-refractivity contribution in [3.63, 3.8) is 0 Å². The summed E-state index contributed by atoms with van der Waals surface area (Å²) in [7, 11) is 0. The summed E-state index contributed by atoms with van der Waals surface area (Å²) in [5, 5.41) is 3.34. The van der Waals surface area contributed by atoms with Crippen LogP contribution in [-0.2, 0) is 11.8 Å². The normalized spacial score (nSPS) is 18.0. The molecule has 114 valence electrons. The van der Waals surface area contributed by atoms with Crippen LogP contribution in [0.5, 0.6) is 0 Å². The molecule has 1 aliphatic carbocycles. The van der Waals surface area contributed by atoms with Gasteiger partial charge in [-0.2, -0.15) is 0 Å². The van der Waals surface area contributed by atoms with E-state index in [2.05, 4.69) is 31.1 Å². The second kappa shape index (κ2) is 7.26. The molecule has 0 saturated heterocycles. The van der Waals surface area contributed by atoms with Gasteiger partial charge in [0.05, 0.1) is 6.20 Å². The largest absolute Gasteiger partial charge is 0.445 e. The van der Waals surface area contributed by atoms with Crippen molar-refractivity contribution in [1.82, 2.24) is 10.3 Å². The number of aryl methyl sites for hydroxylation is 1. The summed E-state index contributed by atoms with van der Waals surface area (Å²) in [6.07, 6.45) is 10.5. The van der Waals surface area contributed by atoms with E-state index in [-0.39, 0.29) is 5.41 Å². The molecule has 1 fully saturated rings. The second-order valence-corrected chi connectivity index (χ2v) is 6.66. The average molecular weight is 278 g/mol. The number of nitrogens with one attached hydrogen (secondary N) is 1. The van der Waals surface area contributed by atoms with E-state index in [0.717, 1.165) is 43.5 Å². The van der Waals surface area contributed by atoms with Gasteiger partial charge in [0.15, 0.2) is 5.89 Å². The van der Waals surface area contributed by atoms with E-state index in [9.17, 15) is 0 Å². The molecular weight excluding hydrogens is 248 g/mol. The van der Waals surface area contributed by atoms with Crippen LogP contribution >= 0.6 is 0 Å². The van der Waals surface area contributed by atoms with Gasteiger partial charge >= 0.3 is 0 Å². The number of nitrogens with zero attached hydrogens (tertiary/aromatic N) is 1. The topological polar surface area (TPSA) is 38.1 Å². The molecule has 1 saturated carbocycles. The van der Waals surface area contributed by atoms with Crippen molar-refractivity contribution >= 4 is 0 Å². The minimum atomic E-state index is 0.279. The van der Waals surface area contributed by atoms with E-state index >= 15 is 0 Å². The SMILES string of the molecule is CCNCCCc1ncc(C2(CC(C)C)CCCC2)o1. The van der Waals surface area contributed by atoms with Gasteiger partial charge < -0.3 is 9.73 Å². The molecule has 1 aromatic heterocycles. The predicted octanol–water partition coefficient (Wildman–Crippen LogP) is 4.07. The highest BCUT2D eigenvalue weighted by Crippen LogP contribution is 2.45. The van der Waals surface area contributed by atoms with Gasteiger partial charge in [-0.15, -0.1) is 0 Å². The molecule has 0 aliphatic heterocycles. The zero-order valence-corrected chi connectivity index (χ0v) is 13.4. The molecule has 0 spiro atoms. The second-order valence-electron chi connectivity index (χ2n) is 6.66. The summed E-state index contributed by atoms with van der Waals surface area (Å²) >= 11 is 0. The lowest BCUT2D eigenvalue weighted by molar-refractivity contribution is 0.276. The van der Waals surface area contributed by atoms with Gasteiger partial charge in [-0.25, -0.2) is 4.98 Å². The summed E-state index contributed by atoms with van der Waals surface area (Å²) in [4.78, 5) is 4.52. The third kappa shape index (κ3) is 3.85. The summed E-state index contributed by atoms with van der Waals surface area (Å²) in [5.41, 5.74) is 0.279. The van der Waals surface area contributed by atoms with Crippen LogP contribution in [0.1, 0.15) is 70.9 Å². The first-order valence-electron chi connectivity index (χ1n) is 8.32. The molecule has 0 unspecified atom stereocenters. The fourth-order valence-electron chi connectivity index (χ4n) is 3.60. The highest BCUT2D eigenvalue weighted by Gasteiger charge is 2.39. The van der Waals surface area contributed by atoms with E-state index in [4.69, 9.17) is 4.42 Å². The quantitative estimate of drug-likeness (QED) is 0.728. The van der Waals surface area contributed by atoms with Crippen LogP contribution in [0.4, 0.5) is 0 Å². The maximum absolute atomic E-state index is 6.11. The molecule has 2 rings (SSSR count). The van der Waals surface area contributed by atoms with E-state index in [0.29, 0.717) is 0 Å². The lowest BCUT2D eigenvalue weighted by Crippen LogP contribution is -2.23. The molecular formula is C17H30N2O. The first kappa shape index (κ1) is 15.6. The van der Waals surface area contributed by atoms with Crippen molar-refractivity contribution in [3.05, 3.63) is 17.8 Å². The van der Waals surface area contributed by atoms with E-state index in [1.807, 2.05) is 6.20 Å². The molecule has 0 bridgehead atoms. The molecule has 1 aromatic rings. The molecule has 0 aromatic carbocycles. The monoisotopic (exact) mass is 278 g/mol. The van der Waals surface area contributed by atoms with Crippen LogP contribution in [0.25, 0.3) is 0 Å². The van der Waals surface area contributed by atoms with Crippen molar-refractivity contribution < 1.29 is 4.42 Å². The van der Waals surface area contributed by atoms with Crippen molar-refractivity contribution in [2.45, 2.75) is 71.1 Å². The van der Waals surface area contributed by atoms with Gasteiger partial charge in [-0.1, -0.05) is 33.6 Å². The molecule has 0 atom stereocenters. The Kier molecular flexibility index (Phi) is 5.64. The van der Waals surface area contributed by atoms with E-state index in [1.165, 1.54) is 32.1 Å². The van der Waals surface area contributed by atoms with Crippen molar-refractivity contribution in [1.29, 1.82) is 0 Å². The lowest BCUT2D eigenvalue weighted by atomic mass is 9.77. The molecule has 3 nitrogen and oxygen atoms in total. The van der Waals surface area contributed by atoms with Crippen molar-refractivity contribution in [2.75, 3.05) is 13.1 Å². The van der Waals surface area contributed by atoms with Crippen LogP contribution < -0.4 is 5.32 Å². The lowest BCUT2D eigenvalue weighted by Gasteiger charge is -2.28. The van der Waals surface area contributed by atoms with Gasteiger partial charge in [-0.05, 0) is 44.7 Å². The highest BCUT2D eigenvalue weighted by molar-refractivity contribution is 5.14. The fourth-order valence-corrected chi connectivity index (χ4v) is 3.60. The van der Waals surface area contributed by atoms with E-state index < -0.39 is 0 Å². The zero-order chi connectivity index (χ0) is 14.4. The Labute approximate surface area is 123 Å². The predicted molar refractivity (Wildman–Crippen MR) is 83.0 cm³/mol. The number of rotatable bonds is 8. The van der Waals surface area contributed by atoms with Crippen molar-refractivity contribution in [2.24, 2.45) is 5.92 Å². The van der Waals surface area contributed by atoms with Crippen LogP contribution in [0.15, 0.2) is 10.6 Å². The van der Waals surface area contributed by atoms with Crippen molar-refractivity contribution in [3.8, 4) is 0 Å². The number of oxazole rings is 1. The molecule has 0 radical (unpaired) electrons. The molecule has 3 heteroatoms. The standard InChI is InChI=1S/C17H30N2O/c1-4-18-11-7-8-16-19-13-15(20-16)17(12-14(2)3)9-5-6-10-17/h13-14,18H,4-12H2,1-3H3. The number of hydrogen-bond donors (Lipinski definition) is 1. The number of hydrogen-bond acceptors (Lipinski definition) is 3. The average Bonchev–Trinajstić information content (AvgIpc) is 3.04. The van der Waals surface area contributed by atoms with Gasteiger partial charge in [-0.3, -0.25) is 0 Å².